The van der Waals surface area contributed by atoms with Crippen molar-refractivity contribution >= 4 is 27.5 Å². The number of halogens is 3. The number of hydrogen-bond donors (Lipinski definition) is 1. The van der Waals surface area contributed by atoms with Gasteiger partial charge in [0.25, 0.3) is 0 Å². The summed E-state index contributed by atoms with van der Waals surface area (Å²) in [5.74, 6) is -1.04. The van der Waals surface area contributed by atoms with Crippen LogP contribution >= 0.6 is 15.9 Å². The second kappa shape index (κ2) is 7.02. The van der Waals surface area contributed by atoms with Crippen LogP contribution in [0.3, 0.4) is 0 Å². The monoisotopic (exact) mass is 372 g/mol. The second-order valence-electron chi connectivity index (χ2n) is 4.91. The van der Waals surface area contributed by atoms with E-state index in [1.165, 1.54) is 0 Å². The van der Waals surface area contributed by atoms with Crippen molar-refractivity contribution in [2.24, 2.45) is 0 Å². The molecular formula is C15H15BrF2N2O2. The molecule has 1 unspecified atom stereocenters. The number of anilines is 1. The van der Waals surface area contributed by atoms with Crippen molar-refractivity contribution in [3.63, 3.8) is 0 Å². The lowest BCUT2D eigenvalue weighted by Crippen LogP contribution is -2.39. The van der Waals surface area contributed by atoms with Crippen LogP contribution in [0.1, 0.15) is 12.7 Å². The summed E-state index contributed by atoms with van der Waals surface area (Å²) < 4.78 is 32.6. The van der Waals surface area contributed by atoms with E-state index >= 15 is 0 Å². The number of carbonyl (C=O) groups is 1. The summed E-state index contributed by atoms with van der Waals surface area (Å²) in [6.07, 6.45) is 0. The molecule has 0 aliphatic carbocycles. The van der Waals surface area contributed by atoms with Crippen molar-refractivity contribution in [1.82, 2.24) is 4.90 Å². The van der Waals surface area contributed by atoms with Gasteiger partial charge in [0.2, 0.25) is 5.91 Å². The summed E-state index contributed by atoms with van der Waals surface area (Å²) in [6.45, 7) is 2.08. The van der Waals surface area contributed by atoms with Crippen molar-refractivity contribution in [2.75, 3.05) is 12.4 Å². The Morgan fingerprint density at radius 3 is 2.73 bits per heavy atom. The Bertz CT molecular complexity index is 675. The van der Waals surface area contributed by atoms with Gasteiger partial charge in [0, 0.05) is 6.07 Å². The molecule has 0 fully saturated rings. The number of nitrogens with zero attached hydrogens (tertiary/aromatic N) is 1. The molecule has 0 saturated heterocycles. The zero-order valence-corrected chi connectivity index (χ0v) is 13.7. The molecule has 1 heterocycles. The highest BCUT2D eigenvalue weighted by Gasteiger charge is 2.20. The normalized spacial score (nSPS) is 12.5. The summed E-state index contributed by atoms with van der Waals surface area (Å²) in [4.78, 5) is 13.9. The number of likely N-dealkylation sites (N-methyl/N-ethyl adjacent to an activating group) is 1. The number of amides is 1. The van der Waals surface area contributed by atoms with Gasteiger partial charge < -0.3 is 9.73 Å². The van der Waals surface area contributed by atoms with E-state index in [1.54, 1.807) is 31.0 Å². The van der Waals surface area contributed by atoms with Gasteiger partial charge in [-0.05, 0) is 54.2 Å². The van der Waals surface area contributed by atoms with Crippen molar-refractivity contribution < 1.29 is 18.0 Å². The molecule has 0 aliphatic heterocycles. The number of hydrogen-bond acceptors (Lipinski definition) is 3. The standard InChI is InChI=1S/C15H15BrF2N2O2/c1-9(20(2)8-11-4-6-14(16)22-11)15(21)19-13-7-10(17)3-5-12(13)18/h3-7,9H,8H2,1-2H3,(H,19,21). The smallest absolute Gasteiger partial charge is 0.241 e. The van der Waals surface area contributed by atoms with Crippen molar-refractivity contribution in [3.05, 3.63) is 52.4 Å². The topological polar surface area (TPSA) is 45.5 Å². The first kappa shape index (κ1) is 16.6. The Morgan fingerprint density at radius 1 is 1.36 bits per heavy atom. The molecule has 2 aromatic rings. The van der Waals surface area contributed by atoms with E-state index in [9.17, 15) is 13.6 Å². The van der Waals surface area contributed by atoms with Gasteiger partial charge in [-0.3, -0.25) is 9.69 Å². The molecule has 4 nitrogen and oxygen atoms in total. The summed E-state index contributed by atoms with van der Waals surface area (Å²) >= 11 is 3.21. The number of rotatable bonds is 5. The van der Waals surface area contributed by atoms with E-state index in [-0.39, 0.29) is 5.69 Å². The largest absolute Gasteiger partial charge is 0.453 e. The maximum atomic E-state index is 13.5. The summed E-state index contributed by atoms with van der Waals surface area (Å²) in [7, 11) is 1.74. The SMILES string of the molecule is CC(C(=O)Nc1cc(F)ccc1F)N(C)Cc1ccc(Br)o1. The van der Waals surface area contributed by atoms with Gasteiger partial charge in [-0.2, -0.15) is 0 Å². The molecule has 1 aromatic carbocycles. The predicted molar refractivity (Wildman–Crippen MR) is 82.3 cm³/mol. The van der Waals surface area contributed by atoms with Crippen molar-refractivity contribution in [2.45, 2.75) is 19.5 Å². The predicted octanol–water partition coefficient (Wildman–Crippen LogP) is 3.78. The zero-order chi connectivity index (χ0) is 16.3. The van der Waals surface area contributed by atoms with E-state index in [1.807, 2.05) is 0 Å². The Hall–Kier alpha value is -1.73. The van der Waals surface area contributed by atoms with E-state index in [0.29, 0.717) is 17.0 Å². The van der Waals surface area contributed by atoms with Gasteiger partial charge in [-0.25, -0.2) is 8.78 Å². The fourth-order valence-electron chi connectivity index (χ4n) is 1.85. The lowest BCUT2D eigenvalue weighted by Gasteiger charge is -2.23. The maximum Gasteiger partial charge on any atom is 0.241 e. The van der Waals surface area contributed by atoms with Crippen LogP contribution in [0.4, 0.5) is 14.5 Å². The minimum Gasteiger partial charge on any atom is -0.453 e. The number of furan rings is 1. The van der Waals surface area contributed by atoms with E-state index < -0.39 is 23.6 Å². The third kappa shape index (κ3) is 4.14. The molecule has 2 rings (SSSR count). The van der Waals surface area contributed by atoms with Crippen LogP contribution in [0.25, 0.3) is 0 Å². The Kier molecular flexibility index (Phi) is 5.31. The fourth-order valence-corrected chi connectivity index (χ4v) is 2.19. The molecule has 118 valence electrons. The lowest BCUT2D eigenvalue weighted by atomic mass is 10.2. The van der Waals surface area contributed by atoms with Crippen LogP contribution in [-0.2, 0) is 11.3 Å². The first-order chi connectivity index (χ1) is 10.4. The molecule has 0 bridgehead atoms. The van der Waals surface area contributed by atoms with Crippen LogP contribution in [0.5, 0.6) is 0 Å². The first-order valence-electron chi connectivity index (χ1n) is 6.57. The van der Waals surface area contributed by atoms with Crippen LogP contribution in [0.2, 0.25) is 0 Å². The highest BCUT2D eigenvalue weighted by atomic mass is 79.9. The van der Waals surface area contributed by atoms with E-state index in [2.05, 4.69) is 21.2 Å². The molecule has 1 aromatic heterocycles. The van der Waals surface area contributed by atoms with E-state index in [4.69, 9.17) is 4.42 Å². The van der Waals surface area contributed by atoms with Crippen LogP contribution in [-0.4, -0.2) is 23.9 Å². The molecule has 1 atom stereocenters. The molecule has 7 heteroatoms. The lowest BCUT2D eigenvalue weighted by molar-refractivity contribution is -0.120. The van der Waals surface area contributed by atoms with Crippen LogP contribution in [0, 0.1) is 11.6 Å². The molecule has 0 aliphatic rings. The molecule has 22 heavy (non-hydrogen) atoms. The Labute approximate surface area is 135 Å². The van der Waals surface area contributed by atoms with Crippen molar-refractivity contribution in [3.8, 4) is 0 Å². The van der Waals surface area contributed by atoms with Crippen LogP contribution < -0.4 is 5.32 Å². The molecule has 0 saturated carbocycles. The minimum atomic E-state index is -0.681. The zero-order valence-electron chi connectivity index (χ0n) is 12.1. The van der Waals surface area contributed by atoms with Gasteiger partial charge in [-0.1, -0.05) is 0 Å². The molecule has 0 radical (unpaired) electrons. The average Bonchev–Trinajstić information content (AvgIpc) is 2.87. The number of carbonyl (C=O) groups excluding carboxylic acids is 1. The van der Waals surface area contributed by atoms with Gasteiger partial charge in [0.1, 0.15) is 17.4 Å². The van der Waals surface area contributed by atoms with Gasteiger partial charge in [0.15, 0.2) is 4.67 Å². The Morgan fingerprint density at radius 2 is 2.09 bits per heavy atom. The average molecular weight is 373 g/mol. The number of nitrogens with one attached hydrogen (secondary N) is 1. The second-order valence-corrected chi connectivity index (χ2v) is 5.69. The highest BCUT2D eigenvalue weighted by molar-refractivity contribution is 9.10. The molecule has 0 spiro atoms. The Balaban J connectivity index is 2.00. The van der Waals surface area contributed by atoms with Gasteiger partial charge in [0.05, 0.1) is 18.3 Å². The number of benzene rings is 1. The minimum absolute atomic E-state index is 0.175. The molecular weight excluding hydrogens is 358 g/mol. The van der Waals surface area contributed by atoms with E-state index in [0.717, 1.165) is 18.2 Å². The van der Waals surface area contributed by atoms with Gasteiger partial charge in [-0.15, -0.1) is 0 Å². The summed E-state index contributed by atoms with van der Waals surface area (Å²) in [5.41, 5.74) is -0.175. The first-order valence-corrected chi connectivity index (χ1v) is 7.36. The molecule has 1 N–H and O–H groups in total. The molecule has 1 amide bonds. The van der Waals surface area contributed by atoms with Gasteiger partial charge >= 0.3 is 0 Å². The van der Waals surface area contributed by atoms with Crippen molar-refractivity contribution in [1.29, 1.82) is 0 Å². The van der Waals surface area contributed by atoms with Crippen LogP contribution in [0.15, 0.2) is 39.4 Å². The third-order valence-electron chi connectivity index (χ3n) is 3.26. The fraction of sp³-hybridized carbons (Fsp3) is 0.267. The summed E-state index contributed by atoms with van der Waals surface area (Å²) in [5, 5.41) is 2.39. The summed E-state index contributed by atoms with van der Waals surface area (Å²) in [6, 6.07) is 5.91. The maximum absolute atomic E-state index is 13.5. The highest BCUT2D eigenvalue weighted by Crippen LogP contribution is 2.18. The third-order valence-corrected chi connectivity index (χ3v) is 3.69. The quantitative estimate of drug-likeness (QED) is 0.868.